The number of hydrogen-bond donors (Lipinski definition) is 2. The summed E-state index contributed by atoms with van der Waals surface area (Å²) >= 11 is 0. The predicted molar refractivity (Wildman–Crippen MR) is 111 cm³/mol. The fraction of sp³-hybridized carbons (Fsp3) is 0.364. The van der Waals surface area contributed by atoms with Gasteiger partial charge in [-0.3, -0.25) is 9.79 Å². The summed E-state index contributed by atoms with van der Waals surface area (Å²) in [6.45, 7) is 10.4. The monoisotopic (exact) mass is 369 g/mol. The first-order valence-electron chi connectivity index (χ1n) is 9.00. The fourth-order valence-corrected chi connectivity index (χ4v) is 2.83. The van der Waals surface area contributed by atoms with Gasteiger partial charge in [0.1, 0.15) is 5.82 Å². The number of rotatable bonds is 5. The molecular weight excluding hydrogens is 341 g/mol. The van der Waals surface area contributed by atoms with Crippen LogP contribution in [0.1, 0.15) is 49.4 Å². The SMILES string of the molecule is Cc1cc(C=NCc2ccc(F)cc2)c(N)c(C)c1NC(=O)CC(C)(C)C. The van der Waals surface area contributed by atoms with Gasteiger partial charge in [-0.1, -0.05) is 32.9 Å². The number of anilines is 2. The lowest BCUT2D eigenvalue weighted by atomic mass is 9.91. The van der Waals surface area contributed by atoms with E-state index in [2.05, 4.69) is 10.3 Å². The number of nitrogens with two attached hydrogens (primary N) is 1. The second-order valence-electron chi connectivity index (χ2n) is 8.08. The molecule has 0 aliphatic heterocycles. The first-order chi connectivity index (χ1) is 12.6. The Hall–Kier alpha value is -2.69. The van der Waals surface area contributed by atoms with E-state index >= 15 is 0 Å². The molecule has 0 saturated heterocycles. The summed E-state index contributed by atoms with van der Waals surface area (Å²) in [6, 6.07) is 8.18. The van der Waals surface area contributed by atoms with E-state index in [-0.39, 0.29) is 17.1 Å². The average molecular weight is 369 g/mol. The molecule has 2 aromatic rings. The number of carbonyl (C=O) groups is 1. The quantitative estimate of drug-likeness (QED) is 0.574. The molecule has 0 atom stereocenters. The van der Waals surface area contributed by atoms with Crippen LogP contribution in [0.4, 0.5) is 15.8 Å². The summed E-state index contributed by atoms with van der Waals surface area (Å²) in [5.41, 5.74) is 11.0. The van der Waals surface area contributed by atoms with Crippen molar-refractivity contribution in [2.24, 2.45) is 10.4 Å². The van der Waals surface area contributed by atoms with Crippen LogP contribution in [0.2, 0.25) is 0 Å². The van der Waals surface area contributed by atoms with Crippen molar-refractivity contribution in [2.75, 3.05) is 11.1 Å². The number of aliphatic imine (C=N–C) groups is 1. The number of nitrogens with zero attached hydrogens (tertiary/aromatic N) is 1. The molecule has 5 heteroatoms. The van der Waals surface area contributed by atoms with Gasteiger partial charge in [-0.05, 0) is 54.2 Å². The highest BCUT2D eigenvalue weighted by atomic mass is 19.1. The van der Waals surface area contributed by atoms with Crippen LogP contribution in [0.3, 0.4) is 0 Å². The van der Waals surface area contributed by atoms with E-state index in [1.165, 1.54) is 12.1 Å². The Morgan fingerprint density at radius 3 is 2.44 bits per heavy atom. The maximum atomic E-state index is 12.9. The topological polar surface area (TPSA) is 67.5 Å². The van der Waals surface area contributed by atoms with Gasteiger partial charge in [-0.25, -0.2) is 4.39 Å². The minimum Gasteiger partial charge on any atom is -0.398 e. The molecule has 2 aromatic carbocycles. The Kier molecular flexibility index (Phi) is 6.37. The summed E-state index contributed by atoms with van der Waals surface area (Å²) in [5, 5.41) is 2.99. The number of benzene rings is 2. The molecule has 0 unspecified atom stereocenters. The third-order valence-corrected chi connectivity index (χ3v) is 4.23. The number of carbonyl (C=O) groups excluding carboxylic acids is 1. The molecular formula is C22H28FN3O. The van der Waals surface area contributed by atoms with E-state index in [1.807, 2.05) is 40.7 Å². The van der Waals surface area contributed by atoms with Crippen molar-refractivity contribution in [1.82, 2.24) is 0 Å². The van der Waals surface area contributed by atoms with Crippen molar-refractivity contribution in [3.8, 4) is 0 Å². The van der Waals surface area contributed by atoms with Gasteiger partial charge in [-0.15, -0.1) is 0 Å². The van der Waals surface area contributed by atoms with Crippen molar-refractivity contribution in [3.05, 3.63) is 58.4 Å². The highest BCUT2D eigenvalue weighted by molar-refractivity contribution is 5.97. The molecule has 0 fully saturated rings. The highest BCUT2D eigenvalue weighted by Gasteiger charge is 2.18. The van der Waals surface area contributed by atoms with Gasteiger partial charge in [0.15, 0.2) is 0 Å². The molecule has 0 saturated carbocycles. The van der Waals surface area contributed by atoms with Crippen molar-refractivity contribution in [2.45, 2.75) is 47.6 Å². The van der Waals surface area contributed by atoms with Crippen LogP contribution >= 0.6 is 0 Å². The van der Waals surface area contributed by atoms with E-state index in [0.717, 1.165) is 27.9 Å². The lowest BCUT2D eigenvalue weighted by Crippen LogP contribution is -2.21. The second-order valence-corrected chi connectivity index (χ2v) is 8.08. The molecule has 0 aliphatic carbocycles. The summed E-state index contributed by atoms with van der Waals surface area (Å²) in [7, 11) is 0. The van der Waals surface area contributed by atoms with E-state index in [4.69, 9.17) is 5.73 Å². The zero-order valence-corrected chi connectivity index (χ0v) is 16.7. The Bertz CT molecular complexity index is 849. The zero-order valence-electron chi connectivity index (χ0n) is 16.7. The summed E-state index contributed by atoms with van der Waals surface area (Å²) in [4.78, 5) is 16.7. The molecule has 27 heavy (non-hydrogen) atoms. The Morgan fingerprint density at radius 2 is 1.85 bits per heavy atom. The smallest absolute Gasteiger partial charge is 0.224 e. The third-order valence-electron chi connectivity index (χ3n) is 4.23. The molecule has 0 aromatic heterocycles. The van der Waals surface area contributed by atoms with Crippen LogP contribution in [0, 0.1) is 25.1 Å². The number of amides is 1. The van der Waals surface area contributed by atoms with E-state index in [1.54, 1.807) is 18.3 Å². The number of hydrogen-bond acceptors (Lipinski definition) is 3. The Morgan fingerprint density at radius 1 is 1.22 bits per heavy atom. The molecule has 3 N–H and O–H groups in total. The lowest BCUT2D eigenvalue weighted by molar-refractivity contribution is -0.117. The van der Waals surface area contributed by atoms with Crippen molar-refractivity contribution < 1.29 is 9.18 Å². The molecule has 4 nitrogen and oxygen atoms in total. The zero-order chi connectivity index (χ0) is 20.2. The number of halogens is 1. The second kappa shape index (κ2) is 8.33. The normalized spacial score (nSPS) is 11.8. The molecule has 144 valence electrons. The largest absolute Gasteiger partial charge is 0.398 e. The van der Waals surface area contributed by atoms with Gasteiger partial charge in [0.25, 0.3) is 0 Å². The number of nitrogens with one attached hydrogen (secondary N) is 1. The van der Waals surface area contributed by atoms with Gasteiger partial charge in [-0.2, -0.15) is 0 Å². The molecule has 0 aliphatic rings. The van der Waals surface area contributed by atoms with E-state index < -0.39 is 0 Å². The van der Waals surface area contributed by atoms with Gasteiger partial charge < -0.3 is 11.1 Å². The Balaban J connectivity index is 2.16. The van der Waals surface area contributed by atoms with Crippen molar-refractivity contribution in [3.63, 3.8) is 0 Å². The van der Waals surface area contributed by atoms with Crippen molar-refractivity contribution >= 4 is 23.5 Å². The number of aryl methyl sites for hydroxylation is 1. The third kappa shape index (κ3) is 5.91. The standard InChI is InChI=1S/C22H28FN3O/c1-14-10-17(13-25-12-16-6-8-18(23)9-7-16)20(24)15(2)21(14)26-19(27)11-22(3,4)5/h6-10,13H,11-12,24H2,1-5H3,(H,26,27). The molecule has 0 bridgehead atoms. The first kappa shape index (κ1) is 20.6. The van der Waals surface area contributed by atoms with Crippen molar-refractivity contribution in [1.29, 1.82) is 0 Å². The average Bonchev–Trinajstić information content (AvgIpc) is 2.56. The summed E-state index contributed by atoms with van der Waals surface area (Å²) in [5.74, 6) is -0.284. The molecule has 0 radical (unpaired) electrons. The molecule has 0 spiro atoms. The summed E-state index contributed by atoms with van der Waals surface area (Å²) < 4.78 is 12.9. The summed E-state index contributed by atoms with van der Waals surface area (Å²) in [6.07, 6.45) is 2.16. The Labute approximate surface area is 160 Å². The van der Waals surface area contributed by atoms with Gasteiger partial charge in [0, 0.05) is 29.6 Å². The maximum Gasteiger partial charge on any atom is 0.224 e. The predicted octanol–water partition coefficient (Wildman–Crippen LogP) is 5.02. The van der Waals surface area contributed by atoms with Gasteiger partial charge in [0.2, 0.25) is 5.91 Å². The van der Waals surface area contributed by atoms with Crippen LogP contribution in [0.5, 0.6) is 0 Å². The van der Waals surface area contributed by atoms with Gasteiger partial charge in [0.05, 0.1) is 6.54 Å². The molecule has 2 rings (SSSR count). The molecule has 1 amide bonds. The van der Waals surface area contributed by atoms with Gasteiger partial charge >= 0.3 is 0 Å². The van der Waals surface area contributed by atoms with Crippen LogP contribution in [0.15, 0.2) is 35.3 Å². The lowest BCUT2D eigenvalue weighted by Gasteiger charge is -2.20. The number of nitrogen functional groups attached to an aromatic ring is 1. The van der Waals surface area contributed by atoms with E-state index in [9.17, 15) is 9.18 Å². The fourth-order valence-electron chi connectivity index (χ4n) is 2.83. The minimum atomic E-state index is -0.262. The van der Waals surface area contributed by atoms with Crippen LogP contribution in [-0.2, 0) is 11.3 Å². The highest BCUT2D eigenvalue weighted by Crippen LogP contribution is 2.29. The minimum absolute atomic E-state index is 0.0224. The van der Waals surface area contributed by atoms with Crippen LogP contribution in [0.25, 0.3) is 0 Å². The van der Waals surface area contributed by atoms with Crippen LogP contribution in [-0.4, -0.2) is 12.1 Å². The maximum absolute atomic E-state index is 12.9. The first-order valence-corrected chi connectivity index (χ1v) is 9.00. The molecule has 0 heterocycles. The van der Waals surface area contributed by atoms with E-state index in [0.29, 0.717) is 18.7 Å². The van der Waals surface area contributed by atoms with Crippen LogP contribution < -0.4 is 11.1 Å².